The standard InChI is InChI=1S/C18H26N4O3/c1-13-3-2-8-22(12-13)15-11-14(4-7-20-15)16(23)21-18(17(19)24)5-9-25-10-6-18/h4,7,11,13H,2-3,5-6,8-10,12H2,1H3,(H2,19,24)(H,21,23). The Morgan fingerprint density at radius 3 is 2.84 bits per heavy atom. The molecule has 7 heteroatoms. The summed E-state index contributed by atoms with van der Waals surface area (Å²) in [5.74, 6) is 0.616. The van der Waals surface area contributed by atoms with Crippen molar-refractivity contribution in [2.24, 2.45) is 11.7 Å². The van der Waals surface area contributed by atoms with Crippen molar-refractivity contribution in [2.45, 2.75) is 38.1 Å². The van der Waals surface area contributed by atoms with E-state index >= 15 is 0 Å². The number of nitrogens with two attached hydrogens (primary N) is 1. The molecule has 1 atom stereocenters. The summed E-state index contributed by atoms with van der Waals surface area (Å²) in [4.78, 5) is 31.3. The highest BCUT2D eigenvalue weighted by molar-refractivity contribution is 5.99. The second-order valence-electron chi connectivity index (χ2n) is 7.11. The summed E-state index contributed by atoms with van der Waals surface area (Å²) < 4.78 is 5.29. The van der Waals surface area contributed by atoms with E-state index in [-0.39, 0.29) is 5.91 Å². The van der Waals surface area contributed by atoms with Gasteiger partial charge in [0.05, 0.1) is 0 Å². The summed E-state index contributed by atoms with van der Waals surface area (Å²) in [6.07, 6.45) is 4.79. The summed E-state index contributed by atoms with van der Waals surface area (Å²) in [6.45, 7) is 4.95. The van der Waals surface area contributed by atoms with Crippen molar-refractivity contribution in [3.05, 3.63) is 23.9 Å². The second kappa shape index (κ2) is 7.39. The van der Waals surface area contributed by atoms with E-state index in [1.165, 1.54) is 6.42 Å². The molecule has 3 heterocycles. The number of ether oxygens (including phenoxy) is 1. The molecule has 0 saturated carbocycles. The zero-order valence-electron chi connectivity index (χ0n) is 14.7. The molecule has 0 bridgehead atoms. The number of amides is 2. The molecule has 2 saturated heterocycles. The number of hydrogen-bond donors (Lipinski definition) is 2. The highest BCUT2D eigenvalue weighted by atomic mass is 16.5. The molecule has 1 aromatic rings. The van der Waals surface area contributed by atoms with Gasteiger partial charge in [0, 0.05) is 50.9 Å². The maximum absolute atomic E-state index is 12.7. The molecule has 2 aliphatic rings. The summed E-state index contributed by atoms with van der Waals surface area (Å²) in [5, 5.41) is 2.85. The second-order valence-corrected chi connectivity index (χ2v) is 7.11. The highest BCUT2D eigenvalue weighted by Gasteiger charge is 2.40. The van der Waals surface area contributed by atoms with Gasteiger partial charge >= 0.3 is 0 Å². The number of rotatable bonds is 4. The van der Waals surface area contributed by atoms with Crippen molar-refractivity contribution in [3.63, 3.8) is 0 Å². The van der Waals surface area contributed by atoms with Crippen LogP contribution in [0, 0.1) is 5.92 Å². The van der Waals surface area contributed by atoms with Gasteiger partial charge in [-0.05, 0) is 30.9 Å². The van der Waals surface area contributed by atoms with Crippen LogP contribution >= 0.6 is 0 Å². The fourth-order valence-corrected chi connectivity index (χ4v) is 3.57. The van der Waals surface area contributed by atoms with Gasteiger partial charge in [-0.25, -0.2) is 4.98 Å². The predicted octanol–water partition coefficient (Wildman–Crippen LogP) is 1.08. The van der Waals surface area contributed by atoms with Gasteiger partial charge in [0.1, 0.15) is 11.4 Å². The Bertz CT molecular complexity index is 643. The minimum Gasteiger partial charge on any atom is -0.381 e. The molecule has 3 N–H and O–H groups in total. The molecule has 0 radical (unpaired) electrons. The quantitative estimate of drug-likeness (QED) is 0.850. The first kappa shape index (κ1) is 17.7. The first-order valence-corrected chi connectivity index (χ1v) is 8.91. The lowest BCUT2D eigenvalue weighted by Gasteiger charge is -2.35. The smallest absolute Gasteiger partial charge is 0.252 e. The van der Waals surface area contributed by atoms with Crippen LogP contribution in [0.5, 0.6) is 0 Å². The van der Waals surface area contributed by atoms with Gasteiger partial charge in [0.15, 0.2) is 0 Å². The SMILES string of the molecule is CC1CCCN(c2cc(C(=O)NC3(C(N)=O)CCOCC3)ccn2)C1. The van der Waals surface area contributed by atoms with Crippen molar-refractivity contribution < 1.29 is 14.3 Å². The van der Waals surface area contributed by atoms with Crippen molar-refractivity contribution in [2.75, 3.05) is 31.2 Å². The number of carbonyl (C=O) groups is 2. The van der Waals surface area contributed by atoms with Gasteiger partial charge in [-0.15, -0.1) is 0 Å². The molecule has 2 amide bonds. The summed E-state index contributed by atoms with van der Waals surface area (Å²) in [6, 6.07) is 3.46. The zero-order chi connectivity index (χ0) is 17.9. The van der Waals surface area contributed by atoms with Crippen LogP contribution in [0.25, 0.3) is 0 Å². The van der Waals surface area contributed by atoms with Crippen molar-refractivity contribution in [3.8, 4) is 0 Å². The average molecular weight is 346 g/mol. The number of primary amides is 1. The highest BCUT2D eigenvalue weighted by Crippen LogP contribution is 2.24. The lowest BCUT2D eigenvalue weighted by atomic mass is 9.89. The van der Waals surface area contributed by atoms with Gasteiger partial charge < -0.3 is 20.7 Å². The van der Waals surface area contributed by atoms with Gasteiger partial charge in [-0.3, -0.25) is 9.59 Å². The molecular formula is C18H26N4O3. The topological polar surface area (TPSA) is 97.6 Å². The maximum atomic E-state index is 12.7. The summed E-state index contributed by atoms with van der Waals surface area (Å²) >= 11 is 0. The van der Waals surface area contributed by atoms with E-state index in [1.807, 2.05) is 0 Å². The lowest BCUT2D eigenvalue weighted by molar-refractivity contribution is -0.127. The van der Waals surface area contributed by atoms with Gasteiger partial charge in [0.2, 0.25) is 5.91 Å². The normalized spacial score (nSPS) is 23.1. The van der Waals surface area contributed by atoms with E-state index in [1.54, 1.807) is 18.3 Å². The fourth-order valence-electron chi connectivity index (χ4n) is 3.57. The van der Waals surface area contributed by atoms with Crippen LogP contribution in [0.15, 0.2) is 18.3 Å². The third-order valence-electron chi connectivity index (χ3n) is 5.16. The van der Waals surface area contributed by atoms with Crippen molar-refractivity contribution in [1.82, 2.24) is 10.3 Å². The molecule has 1 unspecified atom stereocenters. The molecule has 0 spiro atoms. The van der Waals surface area contributed by atoms with Crippen LogP contribution < -0.4 is 16.0 Å². The van der Waals surface area contributed by atoms with E-state index in [9.17, 15) is 9.59 Å². The van der Waals surface area contributed by atoms with Gasteiger partial charge in [-0.1, -0.05) is 6.92 Å². The number of nitrogens with one attached hydrogen (secondary N) is 1. The van der Waals surface area contributed by atoms with Crippen molar-refractivity contribution in [1.29, 1.82) is 0 Å². The van der Waals surface area contributed by atoms with Gasteiger partial charge in [-0.2, -0.15) is 0 Å². The lowest BCUT2D eigenvalue weighted by Crippen LogP contribution is -2.60. The minimum absolute atomic E-state index is 0.297. The Labute approximate surface area is 147 Å². The molecule has 0 aromatic carbocycles. The Hall–Kier alpha value is -2.15. The predicted molar refractivity (Wildman–Crippen MR) is 94.3 cm³/mol. The number of nitrogens with zero attached hydrogens (tertiary/aromatic N) is 2. The van der Waals surface area contributed by atoms with Crippen LogP contribution in [0.1, 0.15) is 43.0 Å². The molecule has 0 aliphatic carbocycles. The number of anilines is 1. The molecular weight excluding hydrogens is 320 g/mol. The molecule has 1 aromatic heterocycles. The number of piperidine rings is 1. The van der Waals surface area contributed by atoms with Gasteiger partial charge in [0.25, 0.3) is 5.91 Å². The van der Waals surface area contributed by atoms with Crippen LogP contribution in [0.2, 0.25) is 0 Å². The third-order valence-corrected chi connectivity index (χ3v) is 5.16. The molecule has 25 heavy (non-hydrogen) atoms. The van der Waals surface area contributed by atoms with Crippen LogP contribution in [-0.2, 0) is 9.53 Å². The number of carbonyl (C=O) groups excluding carboxylic acids is 2. The number of pyridine rings is 1. The molecule has 2 aliphatic heterocycles. The minimum atomic E-state index is -1.03. The largest absolute Gasteiger partial charge is 0.381 e. The maximum Gasteiger partial charge on any atom is 0.252 e. The van der Waals surface area contributed by atoms with E-state index < -0.39 is 11.4 Å². The summed E-state index contributed by atoms with van der Waals surface area (Å²) in [5.41, 5.74) is 5.03. The fraction of sp³-hybridized carbons (Fsp3) is 0.611. The van der Waals surface area contributed by atoms with E-state index in [0.717, 1.165) is 25.3 Å². The average Bonchev–Trinajstić information content (AvgIpc) is 2.62. The zero-order valence-corrected chi connectivity index (χ0v) is 14.7. The van der Waals surface area contributed by atoms with E-state index in [4.69, 9.17) is 10.5 Å². The molecule has 2 fully saturated rings. The third kappa shape index (κ3) is 3.92. The molecule has 3 rings (SSSR count). The van der Waals surface area contributed by atoms with E-state index in [0.29, 0.717) is 37.5 Å². The van der Waals surface area contributed by atoms with E-state index in [2.05, 4.69) is 22.1 Å². The number of aromatic nitrogens is 1. The Morgan fingerprint density at radius 2 is 2.16 bits per heavy atom. The number of hydrogen-bond acceptors (Lipinski definition) is 5. The molecule has 136 valence electrons. The first-order chi connectivity index (χ1) is 12.0. The summed E-state index contributed by atoms with van der Waals surface area (Å²) in [7, 11) is 0. The van der Waals surface area contributed by atoms with Crippen LogP contribution in [-0.4, -0.2) is 48.6 Å². The Balaban J connectivity index is 1.75. The first-order valence-electron chi connectivity index (χ1n) is 8.91. The van der Waals surface area contributed by atoms with Crippen LogP contribution in [0.4, 0.5) is 5.82 Å². The molecule has 7 nitrogen and oxygen atoms in total. The van der Waals surface area contributed by atoms with Crippen molar-refractivity contribution >= 4 is 17.6 Å². The Kier molecular flexibility index (Phi) is 5.22. The monoisotopic (exact) mass is 346 g/mol. The Morgan fingerprint density at radius 1 is 1.40 bits per heavy atom. The van der Waals surface area contributed by atoms with Crippen LogP contribution in [0.3, 0.4) is 0 Å².